The van der Waals surface area contributed by atoms with Crippen molar-refractivity contribution in [3.63, 3.8) is 0 Å². The molecule has 0 saturated heterocycles. The topological polar surface area (TPSA) is 106 Å². The molecule has 0 saturated carbocycles. The number of anilines is 1. The highest BCUT2D eigenvalue weighted by atomic mass is 16.6. The number of nitrogens with zero attached hydrogens (tertiary/aromatic N) is 1. The van der Waals surface area contributed by atoms with Crippen molar-refractivity contribution in [2.45, 2.75) is 32.8 Å². The molecule has 2 N–H and O–H groups in total. The molecule has 0 radical (unpaired) electrons. The van der Waals surface area contributed by atoms with Crippen LogP contribution < -0.4 is 5.32 Å². The number of ether oxygens (including phenoxy) is 1. The maximum Gasteiger partial charge on any atom is 0.354 e. The Balaban J connectivity index is 2.17. The first-order valence-corrected chi connectivity index (χ1v) is 7.96. The standard InChI is InChI=1S/C19H20N2O5/c1-19(2,3)26-16(22)11-12-6-4-5-7-14(12)21-17(23)13-8-9-20-15(10-13)18(24)25/h4-10H,11H2,1-3H3,(H,21,23)(H,24,25). The molecule has 0 spiro atoms. The highest BCUT2D eigenvalue weighted by Gasteiger charge is 2.18. The Hall–Kier alpha value is -3.22. The highest BCUT2D eigenvalue weighted by molar-refractivity contribution is 6.05. The Morgan fingerprint density at radius 3 is 2.50 bits per heavy atom. The number of hydrogen-bond acceptors (Lipinski definition) is 5. The van der Waals surface area contributed by atoms with E-state index in [9.17, 15) is 14.4 Å². The minimum Gasteiger partial charge on any atom is -0.477 e. The second-order valence-electron chi connectivity index (χ2n) is 6.61. The SMILES string of the molecule is CC(C)(C)OC(=O)Cc1ccccc1NC(=O)c1ccnc(C(=O)O)c1. The lowest BCUT2D eigenvalue weighted by Gasteiger charge is -2.20. The number of pyridine rings is 1. The van der Waals surface area contributed by atoms with Crippen LogP contribution in [0.3, 0.4) is 0 Å². The fraction of sp³-hybridized carbons (Fsp3) is 0.263. The molecule has 136 valence electrons. The first-order chi connectivity index (χ1) is 12.2. The van der Waals surface area contributed by atoms with Gasteiger partial charge in [0.1, 0.15) is 11.3 Å². The van der Waals surface area contributed by atoms with E-state index in [-0.39, 0.29) is 17.7 Å². The summed E-state index contributed by atoms with van der Waals surface area (Å²) in [5, 5.41) is 11.7. The third-order valence-electron chi connectivity index (χ3n) is 3.26. The summed E-state index contributed by atoms with van der Waals surface area (Å²) in [6, 6.07) is 9.46. The van der Waals surface area contributed by atoms with Crippen molar-refractivity contribution in [3.05, 3.63) is 59.4 Å². The Morgan fingerprint density at radius 2 is 1.85 bits per heavy atom. The number of carboxylic acids is 1. The van der Waals surface area contributed by atoms with Gasteiger partial charge in [0.25, 0.3) is 5.91 Å². The summed E-state index contributed by atoms with van der Waals surface area (Å²) < 4.78 is 5.30. The van der Waals surface area contributed by atoms with Gasteiger partial charge in [0, 0.05) is 17.4 Å². The molecule has 2 rings (SSSR count). The smallest absolute Gasteiger partial charge is 0.354 e. The third kappa shape index (κ3) is 5.41. The summed E-state index contributed by atoms with van der Waals surface area (Å²) in [5.74, 6) is -2.12. The summed E-state index contributed by atoms with van der Waals surface area (Å²) in [7, 11) is 0. The number of esters is 1. The minimum absolute atomic E-state index is 0.00441. The second-order valence-corrected chi connectivity index (χ2v) is 6.61. The van der Waals surface area contributed by atoms with E-state index in [0.29, 0.717) is 11.3 Å². The first-order valence-electron chi connectivity index (χ1n) is 7.96. The fourth-order valence-electron chi connectivity index (χ4n) is 2.21. The van der Waals surface area contributed by atoms with Crippen molar-refractivity contribution < 1.29 is 24.2 Å². The van der Waals surface area contributed by atoms with Crippen LogP contribution in [0.15, 0.2) is 42.6 Å². The van der Waals surface area contributed by atoms with Gasteiger partial charge >= 0.3 is 11.9 Å². The summed E-state index contributed by atoms with van der Waals surface area (Å²) in [6.07, 6.45) is 1.26. The second kappa shape index (κ2) is 7.77. The third-order valence-corrected chi connectivity index (χ3v) is 3.26. The number of aromatic carboxylic acids is 1. The normalized spacial score (nSPS) is 10.9. The quantitative estimate of drug-likeness (QED) is 0.798. The number of amides is 1. The molecule has 0 aliphatic carbocycles. The average molecular weight is 356 g/mol. The van der Waals surface area contributed by atoms with Crippen molar-refractivity contribution in [3.8, 4) is 0 Å². The van der Waals surface area contributed by atoms with Gasteiger partial charge in [-0.1, -0.05) is 18.2 Å². The Bertz CT molecular complexity index is 840. The minimum atomic E-state index is -1.22. The maximum atomic E-state index is 12.4. The van der Waals surface area contributed by atoms with E-state index in [0.717, 1.165) is 0 Å². The van der Waals surface area contributed by atoms with Gasteiger partial charge in [0.05, 0.1) is 6.42 Å². The number of nitrogens with one attached hydrogen (secondary N) is 1. The van der Waals surface area contributed by atoms with Crippen LogP contribution in [0.4, 0.5) is 5.69 Å². The van der Waals surface area contributed by atoms with Crippen LogP contribution in [0.25, 0.3) is 0 Å². The maximum absolute atomic E-state index is 12.4. The van der Waals surface area contributed by atoms with E-state index in [1.54, 1.807) is 45.0 Å². The van der Waals surface area contributed by atoms with Crippen molar-refractivity contribution in [1.82, 2.24) is 4.98 Å². The van der Waals surface area contributed by atoms with E-state index in [4.69, 9.17) is 9.84 Å². The van der Waals surface area contributed by atoms with Crippen LogP contribution in [0.1, 0.15) is 47.2 Å². The van der Waals surface area contributed by atoms with Gasteiger partial charge in [0.2, 0.25) is 0 Å². The highest BCUT2D eigenvalue weighted by Crippen LogP contribution is 2.19. The number of hydrogen-bond donors (Lipinski definition) is 2. The largest absolute Gasteiger partial charge is 0.477 e. The lowest BCUT2D eigenvalue weighted by Crippen LogP contribution is -2.25. The molecule has 1 heterocycles. The summed E-state index contributed by atoms with van der Waals surface area (Å²) in [6.45, 7) is 5.34. The molecule has 7 heteroatoms. The van der Waals surface area contributed by atoms with Gasteiger partial charge in [-0.25, -0.2) is 9.78 Å². The van der Waals surface area contributed by atoms with Gasteiger partial charge in [-0.2, -0.15) is 0 Å². The zero-order valence-electron chi connectivity index (χ0n) is 14.8. The zero-order chi connectivity index (χ0) is 19.3. The van der Waals surface area contributed by atoms with E-state index in [1.165, 1.54) is 18.3 Å². The molecular formula is C19H20N2O5. The molecule has 0 fully saturated rings. The number of benzene rings is 1. The first kappa shape index (κ1) is 19.1. The van der Waals surface area contributed by atoms with Gasteiger partial charge in [0.15, 0.2) is 0 Å². The predicted molar refractivity (Wildman–Crippen MR) is 95.1 cm³/mol. The molecule has 2 aromatic rings. The van der Waals surface area contributed by atoms with Crippen LogP contribution >= 0.6 is 0 Å². The van der Waals surface area contributed by atoms with Crippen LogP contribution in [-0.4, -0.2) is 33.5 Å². The van der Waals surface area contributed by atoms with Crippen molar-refractivity contribution in [2.24, 2.45) is 0 Å². The average Bonchev–Trinajstić information content (AvgIpc) is 2.55. The summed E-state index contributed by atoms with van der Waals surface area (Å²) >= 11 is 0. The molecule has 1 aromatic carbocycles. The molecule has 0 bridgehead atoms. The molecule has 1 amide bonds. The van der Waals surface area contributed by atoms with Crippen LogP contribution in [0.5, 0.6) is 0 Å². The Kier molecular flexibility index (Phi) is 5.71. The molecule has 0 aliphatic heterocycles. The molecule has 26 heavy (non-hydrogen) atoms. The van der Waals surface area contributed by atoms with Gasteiger partial charge in [-0.3, -0.25) is 9.59 Å². The van der Waals surface area contributed by atoms with E-state index < -0.39 is 23.4 Å². The Labute approximate surface area is 151 Å². The molecule has 0 aliphatic rings. The molecular weight excluding hydrogens is 336 g/mol. The van der Waals surface area contributed by atoms with Crippen LogP contribution in [-0.2, 0) is 16.0 Å². The molecule has 7 nitrogen and oxygen atoms in total. The van der Waals surface area contributed by atoms with Crippen LogP contribution in [0.2, 0.25) is 0 Å². The number of carboxylic acid groups (broad SMARTS) is 1. The van der Waals surface area contributed by atoms with Gasteiger partial charge in [-0.15, -0.1) is 0 Å². The number of aromatic nitrogens is 1. The molecule has 0 unspecified atom stereocenters. The van der Waals surface area contributed by atoms with Crippen molar-refractivity contribution in [1.29, 1.82) is 0 Å². The molecule has 0 atom stereocenters. The number of carbonyl (C=O) groups excluding carboxylic acids is 2. The lowest BCUT2D eigenvalue weighted by atomic mass is 10.1. The lowest BCUT2D eigenvalue weighted by molar-refractivity contribution is -0.153. The number of para-hydroxylation sites is 1. The number of carbonyl (C=O) groups is 3. The van der Waals surface area contributed by atoms with Crippen molar-refractivity contribution in [2.75, 3.05) is 5.32 Å². The predicted octanol–water partition coefficient (Wildman–Crippen LogP) is 2.92. The monoisotopic (exact) mass is 356 g/mol. The van der Waals surface area contributed by atoms with E-state index in [2.05, 4.69) is 10.3 Å². The van der Waals surface area contributed by atoms with E-state index in [1.807, 2.05) is 0 Å². The fourth-order valence-corrected chi connectivity index (χ4v) is 2.21. The van der Waals surface area contributed by atoms with E-state index >= 15 is 0 Å². The van der Waals surface area contributed by atoms with Gasteiger partial charge < -0.3 is 15.2 Å². The number of rotatable bonds is 5. The summed E-state index contributed by atoms with van der Waals surface area (Å²) in [5.41, 5.74) is 0.392. The van der Waals surface area contributed by atoms with Gasteiger partial charge in [-0.05, 0) is 44.5 Å². The van der Waals surface area contributed by atoms with Crippen LogP contribution in [0, 0.1) is 0 Å². The summed E-state index contributed by atoms with van der Waals surface area (Å²) in [4.78, 5) is 39.1. The molecule has 1 aromatic heterocycles. The van der Waals surface area contributed by atoms with Crippen molar-refractivity contribution >= 4 is 23.5 Å². The zero-order valence-corrected chi connectivity index (χ0v) is 14.8. The Morgan fingerprint density at radius 1 is 1.15 bits per heavy atom.